The number of carboxylic acids is 1. The molecule has 100 valence electrons. The van der Waals surface area contributed by atoms with Gasteiger partial charge in [0, 0.05) is 4.90 Å². The molecule has 3 nitrogen and oxygen atoms in total. The van der Waals surface area contributed by atoms with Crippen LogP contribution in [0.4, 0.5) is 22.0 Å². The molecule has 0 aliphatic heterocycles. The molecule has 0 spiro atoms. The Morgan fingerprint density at radius 1 is 1.17 bits per heavy atom. The Morgan fingerprint density at radius 3 is 2.17 bits per heavy atom. The van der Waals surface area contributed by atoms with Gasteiger partial charge in [-0.2, -0.15) is 22.0 Å². The highest BCUT2D eigenvalue weighted by molar-refractivity contribution is 7.87. The molecule has 9 heteroatoms. The molecule has 1 atom stereocenters. The van der Waals surface area contributed by atoms with Crippen LogP contribution in [0.15, 0.2) is 29.2 Å². The smallest absolute Gasteiger partial charge is 0.419 e. The topological polar surface area (TPSA) is 54.4 Å². The van der Waals surface area contributed by atoms with Crippen molar-refractivity contribution in [3.8, 4) is 0 Å². The lowest BCUT2D eigenvalue weighted by atomic mass is 10.2. The molecule has 1 aromatic carbocycles. The first-order valence-electron chi connectivity index (χ1n) is 4.27. The highest BCUT2D eigenvalue weighted by Crippen LogP contribution is 2.32. The number of rotatable bonds is 3. The lowest BCUT2D eigenvalue weighted by molar-refractivity contribution is -0.153. The second-order valence-corrected chi connectivity index (χ2v) is 4.64. The summed E-state index contributed by atoms with van der Waals surface area (Å²) in [6, 6.07) is 2.34. The average molecular weight is 288 g/mol. The summed E-state index contributed by atoms with van der Waals surface area (Å²) in [7, 11) is -3.40. The number of carbonyl (C=O) groups is 1. The van der Waals surface area contributed by atoms with E-state index in [4.69, 9.17) is 5.11 Å². The second kappa shape index (κ2) is 4.63. The molecule has 0 aliphatic carbocycles. The highest BCUT2D eigenvalue weighted by Gasteiger charge is 2.47. The van der Waals surface area contributed by atoms with Crippen molar-refractivity contribution in [2.24, 2.45) is 0 Å². The summed E-state index contributed by atoms with van der Waals surface area (Å²) in [5.41, 5.74) is -1.28. The zero-order valence-corrected chi connectivity index (χ0v) is 9.19. The van der Waals surface area contributed by atoms with Crippen LogP contribution in [0.2, 0.25) is 0 Å². The fraction of sp³-hybridized carbons (Fsp3) is 0.222. The number of carboxylic acid groups (broad SMARTS) is 1. The molecule has 0 amide bonds. The number of alkyl halides is 5. The van der Waals surface area contributed by atoms with Crippen molar-refractivity contribution in [3.05, 3.63) is 29.8 Å². The van der Waals surface area contributed by atoms with Crippen LogP contribution in [0.1, 0.15) is 5.56 Å². The van der Waals surface area contributed by atoms with Crippen molar-refractivity contribution >= 4 is 16.8 Å². The van der Waals surface area contributed by atoms with E-state index in [0.717, 1.165) is 12.1 Å². The first-order valence-corrected chi connectivity index (χ1v) is 5.42. The van der Waals surface area contributed by atoms with Gasteiger partial charge in [-0.15, -0.1) is 0 Å². The molecule has 0 aliphatic rings. The fourth-order valence-corrected chi connectivity index (χ4v) is 1.91. The van der Waals surface area contributed by atoms with Crippen LogP contribution in [0.5, 0.6) is 0 Å². The zero-order valence-electron chi connectivity index (χ0n) is 8.37. The number of halogens is 5. The van der Waals surface area contributed by atoms with Gasteiger partial charge in [0.05, 0.1) is 5.56 Å². The Balaban J connectivity index is 3.20. The number of hydrogen-bond acceptors (Lipinski definition) is 2. The second-order valence-electron chi connectivity index (χ2n) is 3.12. The summed E-state index contributed by atoms with van der Waals surface area (Å²) in [6.07, 6.45) is -4.79. The van der Waals surface area contributed by atoms with E-state index in [1.165, 1.54) is 0 Å². The lowest BCUT2D eigenvalue weighted by Gasteiger charge is -2.12. The molecule has 0 saturated carbocycles. The molecular weight excluding hydrogens is 283 g/mol. The maximum atomic E-state index is 12.9. The summed E-state index contributed by atoms with van der Waals surface area (Å²) < 4.78 is 73.8. The van der Waals surface area contributed by atoms with Gasteiger partial charge in [-0.3, -0.25) is 0 Å². The first-order chi connectivity index (χ1) is 8.06. The first kappa shape index (κ1) is 14.6. The molecule has 1 N–H and O–H groups in total. The number of benzene rings is 1. The van der Waals surface area contributed by atoms with Gasteiger partial charge in [-0.05, 0) is 18.2 Å². The van der Waals surface area contributed by atoms with Gasteiger partial charge < -0.3 is 5.11 Å². The van der Waals surface area contributed by atoms with E-state index in [0.29, 0.717) is 6.07 Å². The Morgan fingerprint density at radius 2 is 1.72 bits per heavy atom. The van der Waals surface area contributed by atoms with Gasteiger partial charge >= 0.3 is 17.4 Å². The van der Waals surface area contributed by atoms with Gasteiger partial charge in [0.25, 0.3) is 0 Å². The summed E-state index contributed by atoms with van der Waals surface area (Å²) >= 11 is 0. The van der Waals surface area contributed by atoms with Crippen molar-refractivity contribution in [3.63, 3.8) is 0 Å². The summed E-state index contributed by atoms with van der Waals surface area (Å²) in [4.78, 5) is 9.25. The molecule has 18 heavy (non-hydrogen) atoms. The summed E-state index contributed by atoms with van der Waals surface area (Å²) in [5, 5.41) is 3.49. The van der Waals surface area contributed by atoms with Gasteiger partial charge in [0.2, 0.25) is 0 Å². The Kier molecular flexibility index (Phi) is 3.75. The average Bonchev–Trinajstić information content (AvgIpc) is 2.26. The van der Waals surface area contributed by atoms with E-state index in [9.17, 15) is 31.0 Å². The van der Waals surface area contributed by atoms with E-state index in [-0.39, 0.29) is 6.07 Å². The van der Waals surface area contributed by atoms with Crippen LogP contribution in [0.25, 0.3) is 0 Å². The van der Waals surface area contributed by atoms with Gasteiger partial charge in [0.15, 0.2) is 0 Å². The van der Waals surface area contributed by atoms with E-state index in [1.807, 2.05) is 0 Å². The van der Waals surface area contributed by atoms with Crippen molar-refractivity contribution in [1.29, 1.82) is 0 Å². The predicted molar refractivity (Wildman–Crippen MR) is 50.4 cm³/mol. The molecule has 0 saturated heterocycles. The van der Waals surface area contributed by atoms with Crippen LogP contribution in [0.3, 0.4) is 0 Å². The van der Waals surface area contributed by atoms with E-state index in [2.05, 4.69) is 0 Å². The van der Waals surface area contributed by atoms with Crippen LogP contribution < -0.4 is 0 Å². The SMILES string of the molecule is O=C(O)C(F)(F)S(=O)c1cccc(C(F)(F)F)c1. The molecule has 0 heterocycles. The van der Waals surface area contributed by atoms with Crippen molar-refractivity contribution in [2.75, 3.05) is 0 Å². The lowest BCUT2D eigenvalue weighted by Crippen LogP contribution is -2.33. The maximum Gasteiger partial charge on any atom is 0.419 e. The highest BCUT2D eigenvalue weighted by atomic mass is 32.2. The Labute approximate surface area is 99.7 Å². The molecular formula is C9H5F5O3S. The molecule has 0 fully saturated rings. The Hall–Kier alpha value is -1.51. The largest absolute Gasteiger partial charge is 0.476 e. The van der Waals surface area contributed by atoms with Crippen LogP contribution in [-0.2, 0) is 21.8 Å². The van der Waals surface area contributed by atoms with Gasteiger partial charge in [0.1, 0.15) is 10.8 Å². The fourth-order valence-electron chi connectivity index (χ4n) is 1.02. The van der Waals surface area contributed by atoms with E-state index in [1.54, 1.807) is 0 Å². The number of hydrogen-bond donors (Lipinski definition) is 1. The normalized spacial score (nSPS) is 14.3. The van der Waals surface area contributed by atoms with Crippen molar-refractivity contribution in [1.82, 2.24) is 0 Å². The third kappa shape index (κ3) is 2.84. The minimum absolute atomic E-state index is 0.229. The molecule has 1 aromatic rings. The zero-order chi connectivity index (χ0) is 14.1. The van der Waals surface area contributed by atoms with Crippen LogP contribution >= 0.6 is 0 Å². The molecule has 1 rings (SSSR count). The molecule has 0 bridgehead atoms. The van der Waals surface area contributed by atoms with Crippen LogP contribution in [0, 0.1) is 0 Å². The van der Waals surface area contributed by atoms with Crippen molar-refractivity contribution < 1.29 is 36.1 Å². The third-order valence-corrected chi connectivity index (χ3v) is 3.18. The van der Waals surface area contributed by atoms with E-state index >= 15 is 0 Å². The van der Waals surface area contributed by atoms with Gasteiger partial charge in [-0.25, -0.2) is 9.00 Å². The Bertz CT molecular complexity index is 497. The molecule has 0 aromatic heterocycles. The third-order valence-electron chi connectivity index (χ3n) is 1.86. The summed E-state index contributed by atoms with van der Waals surface area (Å²) in [6.45, 7) is 0. The maximum absolute atomic E-state index is 12.9. The molecule has 1 unspecified atom stereocenters. The predicted octanol–water partition coefficient (Wildman–Crippen LogP) is 2.49. The minimum Gasteiger partial charge on any atom is -0.476 e. The standard InChI is InChI=1S/C9H5F5O3S/c10-8(11,12)5-2-1-3-6(4-5)18(17)9(13,14)7(15)16/h1-4H,(H,15,16). The quantitative estimate of drug-likeness (QED) is 0.869. The van der Waals surface area contributed by atoms with Gasteiger partial charge in [-0.1, -0.05) is 6.07 Å². The van der Waals surface area contributed by atoms with Crippen LogP contribution in [-0.4, -0.2) is 20.5 Å². The minimum atomic E-state index is -4.79. The van der Waals surface area contributed by atoms with Crippen molar-refractivity contribution in [2.45, 2.75) is 16.3 Å². The molecule has 0 radical (unpaired) electrons. The number of aliphatic carboxylic acids is 1. The van der Waals surface area contributed by atoms with E-state index < -0.39 is 38.7 Å². The summed E-state index contributed by atoms with van der Waals surface area (Å²) in [5.74, 6) is -2.67. The monoisotopic (exact) mass is 288 g/mol.